The van der Waals surface area contributed by atoms with E-state index < -0.39 is 0 Å². The zero-order valence-corrected chi connectivity index (χ0v) is 19.1. The third-order valence-corrected chi connectivity index (χ3v) is 5.26. The van der Waals surface area contributed by atoms with Crippen molar-refractivity contribution < 1.29 is 9.53 Å². The summed E-state index contributed by atoms with van der Waals surface area (Å²) in [4.78, 5) is 17.8. The molecule has 0 N–H and O–H groups in total. The Morgan fingerprint density at radius 3 is 2.23 bits per heavy atom. The molecule has 5 nitrogen and oxygen atoms in total. The number of unbranched alkanes of at least 4 members (excludes halogenated alkanes) is 3. The van der Waals surface area contributed by atoms with E-state index in [0.717, 1.165) is 18.4 Å². The minimum Gasteiger partial charge on any atom is -0.460 e. The summed E-state index contributed by atoms with van der Waals surface area (Å²) in [6.45, 7) is 8.16. The number of hydrogen-bond acceptors (Lipinski definition) is 4. The van der Waals surface area contributed by atoms with Crippen LogP contribution in [0.3, 0.4) is 0 Å². The second-order valence-corrected chi connectivity index (χ2v) is 8.16. The highest BCUT2D eigenvalue weighted by molar-refractivity contribution is 5.97. The number of carbonyl (C=O) groups is 1. The molecule has 0 unspecified atom stereocenters. The van der Waals surface area contributed by atoms with E-state index in [-0.39, 0.29) is 18.0 Å². The lowest BCUT2D eigenvalue weighted by Gasteiger charge is -2.07. The Kier molecular flexibility index (Phi) is 7.99. The quantitative estimate of drug-likeness (QED) is 0.372. The van der Waals surface area contributed by atoms with Gasteiger partial charge in [0, 0.05) is 11.1 Å². The van der Waals surface area contributed by atoms with Crippen LogP contribution < -0.4 is 4.74 Å². The van der Waals surface area contributed by atoms with Gasteiger partial charge in [-0.3, -0.25) is 4.79 Å². The lowest BCUT2D eigenvalue weighted by molar-refractivity contribution is 0.0943. The molecule has 0 bridgehead atoms. The molecule has 164 valence electrons. The van der Waals surface area contributed by atoms with E-state index >= 15 is 0 Å². The zero-order chi connectivity index (χ0) is 22.2. The van der Waals surface area contributed by atoms with Crippen LogP contribution in [0, 0.1) is 0 Å². The molecule has 0 radical (unpaired) electrons. The zero-order valence-electron chi connectivity index (χ0n) is 19.1. The van der Waals surface area contributed by atoms with E-state index in [1.807, 2.05) is 50.2 Å². The molecule has 5 heteroatoms. The molecule has 0 aliphatic rings. The first-order valence-corrected chi connectivity index (χ1v) is 11.4. The van der Waals surface area contributed by atoms with E-state index in [9.17, 15) is 4.79 Å². The van der Waals surface area contributed by atoms with Gasteiger partial charge in [-0.15, -0.1) is 5.10 Å². The standard InChI is InChI=1S/C26H33N3O2/c1-5-7-8-9-10-21-13-17-23(18-14-21)25(30)29-24(27-26(28-29)31-19(3)4)22-15-11-20(6-2)12-16-22/h11-19H,5-10H2,1-4H3. The summed E-state index contributed by atoms with van der Waals surface area (Å²) < 4.78 is 7.03. The second-order valence-electron chi connectivity index (χ2n) is 8.16. The van der Waals surface area contributed by atoms with Crippen LogP contribution in [0.4, 0.5) is 0 Å². The lowest BCUT2D eigenvalue weighted by Crippen LogP contribution is -2.15. The van der Waals surface area contributed by atoms with Crippen molar-refractivity contribution in [1.82, 2.24) is 14.8 Å². The van der Waals surface area contributed by atoms with Gasteiger partial charge in [0.1, 0.15) is 0 Å². The molecule has 0 saturated carbocycles. The number of carbonyl (C=O) groups excluding carboxylic acids is 1. The van der Waals surface area contributed by atoms with Crippen LogP contribution >= 0.6 is 0 Å². The van der Waals surface area contributed by atoms with Gasteiger partial charge >= 0.3 is 6.01 Å². The first-order chi connectivity index (χ1) is 15.0. The number of aromatic nitrogens is 3. The molecule has 3 rings (SSSR count). The maximum atomic E-state index is 13.3. The SMILES string of the molecule is CCCCCCc1ccc(C(=O)n2nc(OC(C)C)nc2-c2ccc(CC)cc2)cc1. The van der Waals surface area contributed by atoms with Crippen LogP contribution in [0.15, 0.2) is 48.5 Å². The predicted molar refractivity (Wildman–Crippen MR) is 125 cm³/mol. The molecule has 0 spiro atoms. The fourth-order valence-electron chi connectivity index (χ4n) is 3.46. The van der Waals surface area contributed by atoms with Gasteiger partial charge in [-0.2, -0.15) is 9.67 Å². The van der Waals surface area contributed by atoms with Gasteiger partial charge in [-0.25, -0.2) is 0 Å². The Labute approximate surface area is 185 Å². The van der Waals surface area contributed by atoms with Crippen molar-refractivity contribution in [3.05, 3.63) is 65.2 Å². The number of rotatable bonds is 10. The summed E-state index contributed by atoms with van der Waals surface area (Å²) in [5.41, 5.74) is 3.91. The summed E-state index contributed by atoms with van der Waals surface area (Å²) >= 11 is 0. The van der Waals surface area contributed by atoms with Crippen molar-refractivity contribution in [2.75, 3.05) is 0 Å². The molecule has 1 aromatic heterocycles. The molecule has 0 atom stereocenters. The van der Waals surface area contributed by atoms with Crippen LogP contribution in [0.2, 0.25) is 0 Å². The second kappa shape index (κ2) is 10.9. The van der Waals surface area contributed by atoms with E-state index in [4.69, 9.17) is 4.74 Å². The first-order valence-electron chi connectivity index (χ1n) is 11.4. The molecule has 0 aliphatic heterocycles. The molecule has 3 aromatic rings. The number of hydrogen-bond donors (Lipinski definition) is 0. The minimum absolute atomic E-state index is 0.0757. The van der Waals surface area contributed by atoms with E-state index in [0.29, 0.717) is 11.4 Å². The van der Waals surface area contributed by atoms with Crippen LogP contribution in [-0.4, -0.2) is 26.8 Å². The van der Waals surface area contributed by atoms with Gasteiger partial charge in [0.25, 0.3) is 5.91 Å². The minimum atomic E-state index is -0.210. The normalized spacial score (nSPS) is 11.1. The third kappa shape index (κ3) is 6.03. The molecule has 2 aromatic carbocycles. The number of benzene rings is 2. The first kappa shape index (κ1) is 22.7. The van der Waals surface area contributed by atoms with E-state index in [1.165, 1.54) is 41.5 Å². The van der Waals surface area contributed by atoms with Gasteiger partial charge in [0.05, 0.1) is 6.10 Å². The molecule has 1 heterocycles. The summed E-state index contributed by atoms with van der Waals surface area (Å²) in [6, 6.07) is 16.1. The molecule has 0 amide bonds. The molecule has 0 aliphatic carbocycles. The average molecular weight is 420 g/mol. The van der Waals surface area contributed by atoms with Crippen molar-refractivity contribution in [2.45, 2.75) is 72.3 Å². The molecule has 0 fully saturated rings. The Hall–Kier alpha value is -2.95. The molecule has 31 heavy (non-hydrogen) atoms. The summed E-state index contributed by atoms with van der Waals surface area (Å²) in [5, 5.41) is 4.37. The third-order valence-electron chi connectivity index (χ3n) is 5.26. The Morgan fingerprint density at radius 2 is 1.61 bits per heavy atom. The van der Waals surface area contributed by atoms with Crippen molar-refractivity contribution >= 4 is 5.91 Å². The van der Waals surface area contributed by atoms with Gasteiger partial charge in [-0.05, 0) is 56.4 Å². The number of aryl methyl sites for hydroxylation is 2. The van der Waals surface area contributed by atoms with Gasteiger partial charge in [-0.1, -0.05) is 69.5 Å². The van der Waals surface area contributed by atoms with Gasteiger partial charge in [0.15, 0.2) is 5.82 Å². The van der Waals surface area contributed by atoms with Crippen LogP contribution in [-0.2, 0) is 12.8 Å². The maximum absolute atomic E-state index is 13.3. The molecular formula is C26H33N3O2. The van der Waals surface area contributed by atoms with E-state index in [2.05, 4.69) is 36.1 Å². The molecule has 0 saturated heterocycles. The average Bonchev–Trinajstić information content (AvgIpc) is 3.19. The summed E-state index contributed by atoms with van der Waals surface area (Å²) in [6.07, 6.45) is 6.85. The topological polar surface area (TPSA) is 57.0 Å². The summed E-state index contributed by atoms with van der Waals surface area (Å²) in [5.74, 6) is 0.283. The fourth-order valence-corrected chi connectivity index (χ4v) is 3.46. The predicted octanol–water partition coefficient (Wildman–Crippen LogP) is 6.11. The van der Waals surface area contributed by atoms with Gasteiger partial charge in [0.2, 0.25) is 0 Å². The highest BCUT2D eigenvalue weighted by Gasteiger charge is 2.20. The van der Waals surface area contributed by atoms with Crippen molar-refractivity contribution in [3.8, 4) is 17.4 Å². The highest BCUT2D eigenvalue weighted by Crippen LogP contribution is 2.23. The Morgan fingerprint density at radius 1 is 0.935 bits per heavy atom. The van der Waals surface area contributed by atoms with Gasteiger partial charge < -0.3 is 4.74 Å². The monoisotopic (exact) mass is 419 g/mol. The maximum Gasteiger partial charge on any atom is 0.336 e. The number of nitrogens with zero attached hydrogens (tertiary/aromatic N) is 3. The van der Waals surface area contributed by atoms with Crippen LogP contribution in [0.25, 0.3) is 11.4 Å². The van der Waals surface area contributed by atoms with Crippen molar-refractivity contribution in [1.29, 1.82) is 0 Å². The van der Waals surface area contributed by atoms with Crippen LogP contribution in [0.5, 0.6) is 6.01 Å². The van der Waals surface area contributed by atoms with Crippen molar-refractivity contribution in [3.63, 3.8) is 0 Å². The number of ether oxygens (including phenoxy) is 1. The Bertz CT molecular complexity index is 973. The smallest absolute Gasteiger partial charge is 0.336 e. The molecular weight excluding hydrogens is 386 g/mol. The van der Waals surface area contributed by atoms with Crippen molar-refractivity contribution in [2.24, 2.45) is 0 Å². The fraction of sp³-hybridized carbons (Fsp3) is 0.423. The van der Waals surface area contributed by atoms with E-state index in [1.54, 1.807) is 0 Å². The lowest BCUT2D eigenvalue weighted by atomic mass is 10.0. The van der Waals surface area contributed by atoms with Crippen LogP contribution in [0.1, 0.15) is 74.9 Å². The largest absolute Gasteiger partial charge is 0.460 e. The highest BCUT2D eigenvalue weighted by atomic mass is 16.5. The summed E-state index contributed by atoms with van der Waals surface area (Å²) in [7, 11) is 0. The Balaban J connectivity index is 1.85.